The maximum atomic E-state index is 5.51. The molecule has 4 heteroatoms. The molecule has 3 heterocycles. The van der Waals surface area contributed by atoms with E-state index in [1.807, 2.05) is 12.3 Å². The van der Waals surface area contributed by atoms with Gasteiger partial charge in [-0.15, -0.1) is 0 Å². The van der Waals surface area contributed by atoms with Crippen LogP contribution < -0.4 is 0 Å². The van der Waals surface area contributed by atoms with Crippen molar-refractivity contribution in [3.05, 3.63) is 18.5 Å². The van der Waals surface area contributed by atoms with Gasteiger partial charge in [-0.2, -0.15) is 5.10 Å². The predicted octanol–water partition coefficient (Wildman–Crippen LogP) is 1.17. The third kappa shape index (κ3) is 2.13. The van der Waals surface area contributed by atoms with Crippen LogP contribution in [0, 0.1) is 5.92 Å². The van der Waals surface area contributed by atoms with E-state index in [0.717, 1.165) is 32.2 Å². The van der Waals surface area contributed by atoms with Gasteiger partial charge in [0.1, 0.15) is 0 Å². The predicted molar refractivity (Wildman–Crippen MR) is 61.2 cm³/mol. The van der Waals surface area contributed by atoms with E-state index in [-0.39, 0.29) is 0 Å². The lowest BCUT2D eigenvalue weighted by atomic mass is 9.99. The maximum Gasteiger partial charge on any atom is 0.0772 e. The lowest BCUT2D eigenvalue weighted by molar-refractivity contribution is 0.0126. The van der Waals surface area contributed by atoms with Gasteiger partial charge in [0.15, 0.2) is 0 Å². The molecule has 2 aliphatic heterocycles. The third-order valence-corrected chi connectivity index (χ3v) is 3.61. The Kier molecular flexibility index (Phi) is 2.93. The SMILES string of the molecule is c1cnn(C2CN(CC3CCCOC3)C2)c1. The van der Waals surface area contributed by atoms with Crippen molar-refractivity contribution < 1.29 is 4.74 Å². The fourth-order valence-corrected chi connectivity index (χ4v) is 2.67. The molecule has 0 saturated carbocycles. The average Bonchev–Trinajstić information content (AvgIpc) is 2.77. The number of likely N-dealkylation sites (tertiary alicyclic amines) is 1. The van der Waals surface area contributed by atoms with Gasteiger partial charge < -0.3 is 4.74 Å². The van der Waals surface area contributed by atoms with Crippen LogP contribution in [0.5, 0.6) is 0 Å². The van der Waals surface area contributed by atoms with Crippen LogP contribution in [0.4, 0.5) is 0 Å². The summed E-state index contributed by atoms with van der Waals surface area (Å²) in [4.78, 5) is 2.52. The van der Waals surface area contributed by atoms with Gasteiger partial charge in [0.2, 0.25) is 0 Å². The topological polar surface area (TPSA) is 30.3 Å². The molecule has 0 bridgehead atoms. The van der Waals surface area contributed by atoms with E-state index in [9.17, 15) is 0 Å². The Morgan fingerprint density at radius 2 is 2.31 bits per heavy atom. The molecule has 3 rings (SSSR count). The van der Waals surface area contributed by atoms with E-state index < -0.39 is 0 Å². The zero-order chi connectivity index (χ0) is 10.8. The van der Waals surface area contributed by atoms with Crippen LogP contribution >= 0.6 is 0 Å². The van der Waals surface area contributed by atoms with E-state index in [1.165, 1.54) is 19.4 Å². The van der Waals surface area contributed by atoms with Gasteiger partial charge in [0.25, 0.3) is 0 Å². The first-order valence-corrected chi connectivity index (χ1v) is 6.21. The summed E-state index contributed by atoms with van der Waals surface area (Å²) in [5.74, 6) is 0.757. The molecule has 1 atom stereocenters. The van der Waals surface area contributed by atoms with Crippen molar-refractivity contribution in [3.8, 4) is 0 Å². The molecule has 0 aromatic carbocycles. The van der Waals surface area contributed by atoms with Crippen molar-refractivity contribution in [2.24, 2.45) is 5.92 Å². The summed E-state index contributed by atoms with van der Waals surface area (Å²) in [6, 6.07) is 2.59. The smallest absolute Gasteiger partial charge is 0.0772 e. The van der Waals surface area contributed by atoms with Crippen LogP contribution in [-0.4, -0.2) is 47.5 Å². The van der Waals surface area contributed by atoms with Crippen LogP contribution in [0.3, 0.4) is 0 Å². The number of ether oxygens (including phenoxy) is 1. The summed E-state index contributed by atoms with van der Waals surface area (Å²) in [5, 5.41) is 4.28. The Labute approximate surface area is 96.2 Å². The van der Waals surface area contributed by atoms with Crippen molar-refractivity contribution in [1.29, 1.82) is 0 Å². The Morgan fingerprint density at radius 3 is 3.00 bits per heavy atom. The van der Waals surface area contributed by atoms with Crippen molar-refractivity contribution in [2.45, 2.75) is 18.9 Å². The van der Waals surface area contributed by atoms with Crippen LogP contribution in [0.1, 0.15) is 18.9 Å². The normalized spacial score (nSPS) is 27.9. The third-order valence-electron chi connectivity index (χ3n) is 3.61. The molecule has 2 saturated heterocycles. The molecular weight excluding hydrogens is 202 g/mol. The summed E-state index contributed by atoms with van der Waals surface area (Å²) in [6.07, 6.45) is 6.49. The van der Waals surface area contributed by atoms with Gasteiger partial charge in [0, 0.05) is 38.6 Å². The van der Waals surface area contributed by atoms with Gasteiger partial charge in [0.05, 0.1) is 12.6 Å². The number of aromatic nitrogens is 2. The standard InChI is InChI=1S/C12H19N3O/c1-3-11(10-16-6-1)7-14-8-12(9-14)15-5-2-4-13-15/h2,4-5,11-12H,1,3,6-10H2. The van der Waals surface area contributed by atoms with E-state index >= 15 is 0 Å². The van der Waals surface area contributed by atoms with Gasteiger partial charge in [-0.3, -0.25) is 9.58 Å². The fraction of sp³-hybridized carbons (Fsp3) is 0.750. The second-order valence-corrected chi connectivity index (χ2v) is 4.94. The Balaban J connectivity index is 1.43. The highest BCUT2D eigenvalue weighted by Gasteiger charge is 2.30. The van der Waals surface area contributed by atoms with Crippen molar-refractivity contribution >= 4 is 0 Å². The zero-order valence-corrected chi connectivity index (χ0v) is 9.59. The summed E-state index contributed by atoms with van der Waals surface area (Å²) in [5.41, 5.74) is 0. The van der Waals surface area contributed by atoms with E-state index in [4.69, 9.17) is 4.74 Å². The van der Waals surface area contributed by atoms with E-state index in [1.54, 1.807) is 0 Å². The first-order chi connectivity index (χ1) is 7.92. The number of hydrogen-bond donors (Lipinski definition) is 0. The first kappa shape index (κ1) is 10.3. The van der Waals surface area contributed by atoms with Crippen molar-refractivity contribution in [2.75, 3.05) is 32.8 Å². The second-order valence-electron chi connectivity index (χ2n) is 4.94. The molecule has 0 amide bonds. The van der Waals surface area contributed by atoms with Gasteiger partial charge in [-0.05, 0) is 24.8 Å². The molecule has 0 spiro atoms. The molecule has 88 valence electrons. The minimum Gasteiger partial charge on any atom is -0.381 e. The van der Waals surface area contributed by atoms with Crippen LogP contribution in [0.15, 0.2) is 18.5 Å². The molecular formula is C12H19N3O. The lowest BCUT2D eigenvalue weighted by Gasteiger charge is -2.41. The molecule has 1 unspecified atom stereocenters. The quantitative estimate of drug-likeness (QED) is 0.767. The minimum absolute atomic E-state index is 0.597. The van der Waals surface area contributed by atoms with E-state index in [2.05, 4.69) is 20.9 Å². The molecule has 4 nitrogen and oxygen atoms in total. The molecule has 16 heavy (non-hydrogen) atoms. The largest absolute Gasteiger partial charge is 0.381 e. The summed E-state index contributed by atoms with van der Waals surface area (Å²) in [6.45, 7) is 5.43. The van der Waals surface area contributed by atoms with Crippen LogP contribution in [-0.2, 0) is 4.74 Å². The maximum absolute atomic E-state index is 5.51. The highest BCUT2D eigenvalue weighted by molar-refractivity contribution is 4.90. The first-order valence-electron chi connectivity index (χ1n) is 6.21. The molecule has 0 aliphatic carbocycles. The van der Waals surface area contributed by atoms with Crippen molar-refractivity contribution in [3.63, 3.8) is 0 Å². The van der Waals surface area contributed by atoms with Crippen LogP contribution in [0.25, 0.3) is 0 Å². The molecule has 1 aromatic rings. The van der Waals surface area contributed by atoms with Gasteiger partial charge in [-0.1, -0.05) is 0 Å². The Bertz CT molecular complexity index is 313. The molecule has 2 aliphatic rings. The average molecular weight is 221 g/mol. The monoisotopic (exact) mass is 221 g/mol. The fourth-order valence-electron chi connectivity index (χ4n) is 2.67. The molecule has 1 aromatic heterocycles. The zero-order valence-electron chi connectivity index (χ0n) is 9.59. The number of rotatable bonds is 3. The molecule has 0 N–H and O–H groups in total. The second kappa shape index (κ2) is 4.55. The molecule has 0 radical (unpaired) electrons. The highest BCUT2D eigenvalue weighted by atomic mass is 16.5. The number of nitrogens with zero attached hydrogens (tertiary/aromatic N) is 3. The van der Waals surface area contributed by atoms with Crippen LogP contribution in [0.2, 0.25) is 0 Å². The summed E-state index contributed by atoms with van der Waals surface area (Å²) < 4.78 is 7.58. The number of hydrogen-bond acceptors (Lipinski definition) is 3. The Morgan fingerprint density at radius 1 is 1.38 bits per heavy atom. The minimum atomic E-state index is 0.597. The summed E-state index contributed by atoms with van der Waals surface area (Å²) >= 11 is 0. The highest BCUT2D eigenvalue weighted by Crippen LogP contribution is 2.23. The Hall–Kier alpha value is -0.870. The van der Waals surface area contributed by atoms with Gasteiger partial charge in [-0.25, -0.2) is 0 Å². The molecule has 2 fully saturated rings. The lowest BCUT2D eigenvalue weighted by Crippen LogP contribution is -2.50. The van der Waals surface area contributed by atoms with Gasteiger partial charge >= 0.3 is 0 Å². The van der Waals surface area contributed by atoms with E-state index in [0.29, 0.717) is 6.04 Å². The summed E-state index contributed by atoms with van der Waals surface area (Å²) in [7, 11) is 0. The van der Waals surface area contributed by atoms with Crippen molar-refractivity contribution in [1.82, 2.24) is 14.7 Å².